The summed E-state index contributed by atoms with van der Waals surface area (Å²) < 4.78 is 0. The first-order valence-corrected chi connectivity index (χ1v) is 7.46. The molecule has 0 spiro atoms. The normalized spacial score (nSPS) is 34.5. The van der Waals surface area contributed by atoms with Gasteiger partial charge in [0.15, 0.2) is 14.9 Å². The van der Waals surface area contributed by atoms with Gasteiger partial charge in [0, 0.05) is 9.83 Å². The van der Waals surface area contributed by atoms with Gasteiger partial charge in [0.25, 0.3) is 0 Å². The van der Waals surface area contributed by atoms with Gasteiger partial charge in [0.05, 0.1) is 9.93 Å². The summed E-state index contributed by atoms with van der Waals surface area (Å²) >= 11 is 0. The van der Waals surface area contributed by atoms with Crippen molar-refractivity contribution in [1.29, 1.82) is 0 Å². The van der Waals surface area contributed by atoms with Crippen molar-refractivity contribution in [3.8, 4) is 0 Å². The molecule has 0 N–H and O–H groups in total. The molecule has 4 heteroatoms. The fourth-order valence-electron chi connectivity index (χ4n) is 0.174. The van der Waals surface area contributed by atoms with Gasteiger partial charge in [-0.05, 0) is 10.8 Å². The van der Waals surface area contributed by atoms with Crippen molar-refractivity contribution >= 4 is 40.4 Å². The molecule has 1 aliphatic rings. The Balaban J connectivity index is 2.18. The van der Waals surface area contributed by atoms with Crippen molar-refractivity contribution in [2.45, 2.75) is 0 Å². The summed E-state index contributed by atoms with van der Waals surface area (Å²) in [4.78, 5) is 0. The Morgan fingerprint density at radius 1 is 1.67 bits per heavy atom. The smallest absolute Gasteiger partial charge is 0.0227 e. The summed E-state index contributed by atoms with van der Waals surface area (Å²) in [6, 6.07) is 0. The van der Waals surface area contributed by atoms with E-state index in [-0.39, 0.29) is 0 Å². The molecule has 1 rings (SSSR count). The molecule has 0 aromatic heterocycles. The first kappa shape index (κ1) is 5.54. The molecule has 1 saturated heterocycles. The van der Waals surface area contributed by atoms with Crippen molar-refractivity contribution < 1.29 is 0 Å². The second-order valence-electron chi connectivity index (χ2n) is 0.945. The van der Waals surface area contributed by atoms with E-state index in [9.17, 15) is 0 Å². The molecule has 0 nitrogen and oxygen atoms in total. The topological polar surface area (TPSA) is 0 Å². The Hall–Kier alpha value is 1.40. The summed E-state index contributed by atoms with van der Waals surface area (Å²) in [6.07, 6.45) is 2.29. The zero-order valence-corrected chi connectivity index (χ0v) is 6.61. The zero-order valence-electron chi connectivity index (χ0n) is 3.34. The molecule has 0 radical (unpaired) electrons. The van der Waals surface area contributed by atoms with Crippen LogP contribution in [0.15, 0.2) is 0 Å². The minimum Gasteiger partial charge on any atom is -0.0227 e. The minimum absolute atomic E-state index is 0.670. The van der Waals surface area contributed by atoms with Gasteiger partial charge in [0.2, 0.25) is 0 Å². The molecule has 6 heavy (non-hydrogen) atoms. The quantitative estimate of drug-likeness (QED) is 0.391. The molecule has 0 aromatic rings. The fraction of sp³-hybridized carbons (Fsp3) is 1.00. The third-order valence-electron chi connectivity index (χ3n) is 0.406. The first-order valence-electron chi connectivity index (χ1n) is 1.49. The molecule has 1 aliphatic heterocycles. The number of hydrogen-bond acceptors (Lipinski definition) is 3. The lowest BCUT2D eigenvalue weighted by Crippen LogP contribution is -1.83. The Morgan fingerprint density at radius 3 is 2.67 bits per heavy atom. The van der Waals surface area contributed by atoms with E-state index in [4.69, 9.17) is 0 Å². The average molecular weight is 157 g/mol. The van der Waals surface area contributed by atoms with Gasteiger partial charge in [0.1, 0.15) is 6.26 Å². The van der Waals surface area contributed by atoms with Crippen molar-refractivity contribution in [2.24, 2.45) is 0 Å². The summed E-state index contributed by atoms with van der Waals surface area (Å²) in [5.41, 5.74) is 0. The molecule has 1 unspecified atom stereocenters. The van der Waals surface area contributed by atoms with Crippen LogP contribution in [0.2, 0.25) is 0 Å². The molecule has 0 aliphatic carbocycles. The highest BCUT2D eigenvalue weighted by molar-refractivity contribution is 9.29. The molecule has 0 saturated carbocycles. The van der Waals surface area contributed by atoms with E-state index in [0.717, 1.165) is 0 Å². The molecular weight excluding hydrogens is 152 g/mol. The van der Waals surface area contributed by atoms with Crippen molar-refractivity contribution in [1.82, 2.24) is 0 Å². The lowest BCUT2D eigenvalue weighted by atomic mass is 11.9. The van der Waals surface area contributed by atoms with E-state index in [2.05, 4.69) is 6.26 Å². The highest BCUT2D eigenvalue weighted by Gasteiger charge is 2.21. The monoisotopic (exact) mass is 157 g/mol. The van der Waals surface area contributed by atoms with E-state index >= 15 is 0 Å². The van der Waals surface area contributed by atoms with Gasteiger partial charge in [-0.3, -0.25) is 0 Å². The lowest BCUT2D eigenvalue weighted by molar-refractivity contribution is 2.23. The van der Waals surface area contributed by atoms with E-state index in [1.807, 2.05) is 30.4 Å². The summed E-state index contributed by atoms with van der Waals surface area (Å²) in [6.45, 7) is 0. The predicted octanol–water partition coefficient (Wildman–Crippen LogP) is 2.15. The Morgan fingerprint density at radius 2 is 2.50 bits per heavy atom. The Bertz CT molecular complexity index is 38.8. The van der Waals surface area contributed by atoms with Crippen LogP contribution in [0.5, 0.6) is 0 Å². The maximum atomic E-state index is 2.29. The van der Waals surface area contributed by atoms with E-state index in [1.54, 1.807) is 0 Å². The van der Waals surface area contributed by atoms with Crippen LogP contribution < -0.4 is 0 Å². The van der Waals surface area contributed by atoms with E-state index in [1.165, 1.54) is 5.08 Å². The van der Waals surface area contributed by atoms with Crippen LogP contribution in [0, 0.1) is 0 Å². The van der Waals surface area contributed by atoms with Crippen LogP contribution in [-0.2, 0) is 9.93 Å². The van der Waals surface area contributed by atoms with Crippen molar-refractivity contribution in [3.63, 3.8) is 0 Å². The fourth-order valence-corrected chi connectivity index (χ4v) is 11.5. The number of hydrogen-bond donors (Lipinski definition) is 0. The minimum atomic E-state index is 0.670. The standard InChI is InChI=1S/C2H5S4/c1-6-2-3-4-5-6/h2H2,1H3/q+1. The maximum absolute atomic E-state index is 2.29. The molecule has 1 heterocycles. The van der Waals surface area contributed by atoms with Gasteiger partial charge in [-0.25, -0.2) is 0 Å². The SMILES string of the molecule is C[S+]1CSSS1. The molecular formula is C2H5S4+. The molecule has 0 amide bonds. The molecule has 0 bridgehead atoms. The molecule has 1 fully saturated rings. The second-order valence-corrected chi connectivity index (χ2v) is 9.22. The van der Waals surface area contributed by atoms with Gasteiger partial charge in [-0.1, -0.05) is 0 Å². The second kappa shape index (κ2) is 2.64. The van der Waals surface area contributed by atoms with E-state index in [0.29, 0.717) is 9.93 Å². The van der Waals surface area contributed by atoms with Gasteiger partial charge < -0.3 is 0 Å². The molecule has 1 atom stereocenters. The molecule has 0 aromatic carbocycles. The van der Waals surface area contributed by atoms with Crippen LogP contribution in [0.4, 0.5) is 0 Å². The van der Waals surface area contributed by atoms with Crippen LogP contribution >= 0.6 is 30.4 Å². The third-order valence-corrected chi connectivity index (χ3v) is 10.3. The average Bonchev–Trinajstić information content (AvgIpc) is 1.86. The maximum Gasteiger partial charge on any atom is 0.176 e. The van der Waals surface area contributed by atoms with Gasteiger partial charge in [-0.15, -0.1) is 0 Å². The van der Waals surface area contributed by atoms with E-state index < -0.39 is 0 Å². The van der Waals surface area contributed by atoms with Gasteiger partial charge in [-0.2, -0.15) is 0 Å². The first-order chi connectivity index (χ1) is 2.89. The van der Waals surface area contributed by atoms with Crippen LogP contribution in [-0.4, -0.2) is 11.3 Å². The van der Waals surface area contributed by atoms with Crippen LogP contribution in [0.25, 0.3) is 0 Å². The third kappa shape index (κ3) is 1.48. The lowest BCUT2D eigenvalue weighted by Gasteiger charge is -1.74. The highest BCUT2D eigenvalue weighted by atomic mass is 33.7. The molecule has 36 valence electrons. The Labute approximate surface area is 51.8 Å². The summed E-state index contributed by atoms with van der Waals surface area (Å²) in [7, 11) is 6.58. The largest absolute Gasteiger partial charge is 0.176 e. The summed E-state index contributed by atoms with van der Waals surface area (Å²) in [5.74, 6) is 0. The number of rotatable bonds is 0. The summed E-state index contributed by atoms with van der Waals surface area (Å²) in [5, 5.41) is 1.36. The van der Waals surface area contributed by atoms with Crippen molar-refractivity contribution in [2.75, 3.05) is 11.3 Å². The van der Waals surface area contributed by atoms with Crippen LogP contribution in [0.1, 0.15) is 0 Å². The van der Waals surface area contributed by atoms with Crippen LogP contribution in [0.3, 0.4) is 0 Å². The highest BCUT2D eigenvalue weighted by Crippen LogP contribution is 2.48. The zero-order chi connectivity index (χ0) is 4.41. The predicted molar refractivity (Wildman–Crippen MR) is 40.9 cm³/mol. The van der Waals surface area contributed by atoms with Crippen molar-refractivity contribution in [3.05, 3.63) is 0 Å². The Kier molecular flexibility index (Phi) is 2.44. The van der Waals surface area contributed by atoms with Gasteiger partial charge >= 0.3 is 0 Å².